The number of benzene rings is 2. The van der Waals surface area contributed by atoms with Crippen molar-refractivity contribution in [1.29, 1.82) is 0 Å². The van der Waals surface area contributed by atoms with Gasteiger partial charge in [0.25, 0.3) is 9.05 Å². The molecule has 0 unspecified atom stereocenters. The van der Waals surface area contributed by atoms with Crippen molar-refractivity contribution >= 4 is 58.9 Å². The summed E-state index contributed by atoms with van der Waals surface area (Å²) in [6.07, 6.45) is 0. The maximum atomic E-state index is 11.6. The van der Waals surface area contributed by atoms with Crippen LogP contribution < -0.4 is 4.74 Å². The highest BCUT2D eigenvalue weighted by molar-refractivity contribution is 9.10. The van der Waals surface area contributed by atoms with Crippen molar-refractivity contribution in [1.82, 2.24) is 0 Å². The van der Waals surface area contributed by atoms with Crippen molar-refractivity contribution in [2.24, 2.45) is 0 Å². The fourth-order valence-electron chi connectivity index (χ4n) is 1.62. The number of rotatable bonds is 4. The summed E-state index contributed by atoms with van der Waals surface area (Å²) in [7, 11) is 1.41. The van der Waals surface area contributed by atoms with Gasteiger partial charge in [0.2, 0.25) is 0 Å². The minimum absolute atomic E-state index is 0.00483. The maximum Gasteiger partial charge on any atom is 0.265 e. The van der Waals surface area contributed by atoms with E-state index in [1.165, 1.54) is 12.1 Å². The molecular formula is C13H8BrCl3O3S. The zero-order chi connectivity index (χ0) is 15.6. The van der Waals surface area contributed by atoms with Crippen LogP contribution in [0.25, 0.3) is 0 Å². The van der Waals surface area contributed by atoms with E-state index in [1.54, 1.807) is 24.3 Å². The Hall–Kier alpha value is -0.460. The number of halogens is 4. The third-order valence-corrected chi connectivity index (χ3v) is 5.00. The molecule has 21 heavy (non-hydrogen) atoms. The van der Waals surface area contributed by atoms with E-state index >= 15 is 0 Å². The van der Waals surface area contributed by atoms with Crippen LogP contribution >= 0.6 is 49.8 Å². The lowest BCUT2D eigenvalue weighted by Gasteiger charge is -2.12. The summed E-state index contributed by atoms with van der Waals surface area (Å²) in [4.78, 5) is -0.199. The molecule has 0 heterocycles. The SMILES string of the molecule is O=S(=O)(Cl)c1cc(Br)cc(Cl)c1OCc1ccccc1Cl. The third kappa shape index (κ3) is 4.27. The van der Waals surface area contributed by atoms with Crippen LogP contribution in [-0.4, -0.2) is 8.42 Å². The van der Waals surface area contributed by atoms with Gasteiger partial charge in [0.1, 0.15) is 11.5 Å². The molecule has 2 aromatic rings. The molecule has 0 fully saturated rings. The lowest BCUT2D eigenvalue weighted by molar-refractivity contribution is 0.298. The van der Waals surface area contributed by atoms with Crippen molar-refractivity contribution in [2.75, 3.05) is 0 Å². The molecule has 0 saturated carbocycles. The average Bonchev–Trinajstić information content (AvgIpc) is 2.37. The van der Waals surface area contributed by atoms with E-state index in [2.05, 4.69) is 15.9 Å². The summed E-state index contributed by atoms with van der Waals surface area (Å²) in [5, 5.41) is 0.650. The second-order valence-electron chi connectivity index (χ2n) is 4.03. The molecule has 0 aromatic heterocycles. The van der Waals surface area contributed by atoms with Gasteiger partial charge in [-0.3, -0.25) is 0 Å². The first-order valence-corrected chi connectivity index (χ1v) is 9.45. The molecule has 0 bridgehead atoms. The Kier molecular flexibility index (Phi) is 5.43. The van der Waals surface area contributed by atoms with Gasteiger partial charge in [-0.15, -0.1) is 0 Å². The van der Waals surface area contributed by atoms with E-state index in [4.69, 9.17) is 38.6 Å². The molecule has 0 saturated heterocycles. The first-order chi connectivity index (χ1) is 9.79. The Morgan fingerprint density at radius 1 is 1.10 bits per heavy atom. The fraction of sp³-hybridized carbons (Fsp3) is 0.0769. The van der Waals surface area contributed by atoms with E-state index < -0.39 is 9.05 Å². The zero-order valence-electron chi connectivity index (χ0n) is 10.3. The number of ether oxygens (including phenoxy) is 1. The fourth-order valence-corrected chi connectivity index (χ4v) is 3.89. The highest BCUT2D eigenvalue weighted by atomic mass is 79.9. The molecular weight excluding hydrogens is 422 g/mol. The summed E-state index contributed by atoms with van der Waals surface area (Å²) in [5.41, 5.74) is 0.705. The summed E-state index contributed by atoms with van der Waals surface area (Å²) >= 11 is 15.2. The van der Waals surface area contributed by atoms with Gasteiger partial charge in [-0.05, 0) is 18.2 Å². The second-order valence-corrected chi connectivity index (χ2v) is 8.30. The molecule has 0 aliphatic carbocycles. The van der Waals surface area contributed by atoms with Crippen LogP contribution in [0, 0.1) is 0 Å². The Morgan fingerprint density at radius 3 is 2.38 bits per heavy atom. The zero-order valence-corrected chi connectivity index (χ0v) is 15.0. The molecule has 0 spiro atoms. The summed E-state index contributed by atoms with van der Waals surface area (Å²) < 4.78 is 29.2. The molecule has 0 N–H and O–H groups in total. The van der Waals surface area contributed by atoms with E-state index in [1.807, 2.05) is 0 Å². The molecule has 112 valence electrons. The number of hydrogen-bond acceptors (Lipinski definition) is 3. The molecule has 2 rings (SSSR count). The van der Waals surface area contributed by atoms with Crippen molar-refractivity contribution in [2.45, 2.75) is 11.5 Å². The standard InChI is InChI=1S/C13H8BrCl3O3S/c14-9-5-11(16)13(12(6-9)21(17,18)19)20-7-8-3-1-2-4-10(8)15/h1-6H,7H2. The minimum Gasteiger partial charge on any atom is -0.486 e. The molecule has 3 nitrogen and oxygen atoms in total. The first-order valence-electron chi connectivity index (χ1n) is 5.59. The smallest absolute Gasteiger partial charge is 0.265 e. The molecule has 0 aliphatic heterocycles. The molecule has 2 aromatic carbocycles. The Bertz CT molecular complexity index is 778. The van der Waals surface area contributed by atoms with Gasteiger partial charge in [-0.2, -0.15) is 0 Å². The van der Waals surface area contributed by atoms with Crippen molar-refractivity contribution in [3.8, 4) is 5.75 Å². The van der Waals surface area contributed by atoms with Gasteiger partial charge in [-0.25, -0.2) is 8.42 Å². The highest BCUT2D eigenvalue weighted by Crippen LogP contribution is 2.37. The van der Waals surface area contributed by atoms with Crippen molar-refractivity contribution in [3.05, 3.63) is 56.5 Å². The average molecular weight is 431 g/mol. The highest BCUT2D eigenvalue weighted by Gasteiger charge is 2.21. The summed E-state index contributed by atoms with van der Waals surface area (Å²) in [6, 6.07) is 9.91. The van der Waals surface area contributed by atoms with Crippen molar-refractivity contribution in [3.63, 3.8) is 0 Å². The van der Waals surface area contributed by atoms with Crippen LogP contribution in [0.4, 0.5) is 0 Å². The molecule has 0 radical (unpaired) electrons. The van der Waals surface area contributed by atoms with Crippen molar-refractivity contribution < 1.29 is 13.2 Å². The van der Waals surface area contributed by atoms with Crippen LogP contribution in [0.3, 0.4) is 0 Å². The number of hydrogen-bond donors (Lipinski definition) is 0. The van der Waals surface area contributed by atoms with E-state index in [0.717, 1.165) is 0 Å². The topological polar surface area (TPSA) is 43.4 Å². The maximum absolute atomic E-state index is 11.6. The summed E-state index contributed by atoms with van der Waals surface area (Å²) in [5.74, 6) is -0.00483. The second kappa shape index (κ2) is 6.75. The molecule has 0 atom stereocenters. The van der Waals surface area contributed by atoms with E-state index in [0.29, 0.717) is 15.1 Å². The minimum atomic E-state index is -3.99. The predicted octanol–water partition coefficient (Wildman–Crippen LogP) is 5.26. The molecule has 8 heteroatoms. The van der Waals surface area contributed by atoms with Gasteiger partial charge in [-0.1, -0.05) is 57.3 Å². The van der Waals surface area contributed by atoms with Crippen LogP contribution in [0.15, 0.2) is 45.8 Å². The van der Waals surface area contributed by atoms with E-state index in [-0.39, 0.29) is 22.3 Å². The van der Waals surface area contributed by atoms with Gasteiger partial charge in [0.15, 0.2) is 5.75 Å². The van der Waals surface area contributed by atoms with Crippen LogP contribution in [0.1, 0.15) is 5.56 Å². The van der Waals surface area contributed by atoms with Gasteiger partial charge < -0.3 is 4.74 Å². The lowest BCUT2D eigenvalue weighted by atomic mass is 10.2. The molecule has 0 aliphatic rings. The van der Waals surface area contributed by atoms with Crippen LogP contribution in [0.5, 0.6) is 5.75 Å². The quantitative estimate of drug-likeness (QED) is 0.621. The summed E-state index contributed by atoms with van der Waals surface area (Å²) in [6.45, 7) is 0.0699. The van der Waals surface area contributed by atoms with Crippen LogP contribution in [-0.2, 0) is 15.7 Å². The largest absolute Gasteiger partial charge is 0.486 e. The molecule has 0 amide bonds. The normalized spacial score (nSPS) is 11.4. The first kappa shape index (κ1) is 16.9. The Balaban J connectivity index is 2.39. The van der Waals surface area contributed by atoms with E-state index in [9.17, 15) is 8.42 Å². The Labute approximate surface area is 145 Å². The lowest BCUT2D eigenvalue weighted by Crippen LogP contribution is -2.02. The van der Waals surface area contributed by atoms with Gasteiger partial charge in [0, 0.05) is 25.7 Å². The Morgan fingerprint density at radius 2 is 1.76 bits per heavy atom. The predicted molar refractivity (Wildman–Crippen MR) is 88.0 cm³/mol. The third-order valence-electron chi connectivity index (χ3n) is 2.57. The van der Waals surface area contributed by atoms with Gasteiger partial charge in [0.05, 0.1) is 5.02 Å². The van der Waals surface area contributed by atoms with Crippen LogP contribution in [0.2, 0.25) is 10.0 Å². The monoisotopic (exact) mass is 428 g/mol. The van der Waals surface area contributed by atoms with Gasteiger partial charge >= 0.3 is 0 Å².